The van der Waals surface area contributed by atoms with Gasteiger partial charge in [-0.2, -0.15) is 4.98 Å². The SMILES string of the molecule is Nc1ccc(N2CCCS(=O)(=O)CC2)nc1OCC1CC1. The summed E-state index contributed by atoms with van der Waals surface area (Å²) in [6.45, 7) is 1.83. The van der Waals surface area contributed by atoms with Gasteiger partial charge in [-0.3, -0.25) is 0 Å². The summed E-state index contributed by atoms with van der Waals surface area (Å²) in [5.74, 6) is 2.28. The van der Waals surface area contributed by atoms with Crippen LogP contribution in [-0.2, 0) is 9.84 Å². The number of hydrogen-bond donors (Lipinski definition) is 1. The number of pyridine rings is 1. The van der Waals surface area contributed by atoms with Gasteiger partial charge in [0.25, 0.3) is 0 Å². The molecule has 0 radical (unpaired) electrons. The first-order valence-corrected chi connectivity index (χ1v) is 9.20. The van der Waals surface area contributed by atoms with Gasteiger partial charge in [0.05, 0.1) is 23.8 Å². The third kappa shape index (κ3) is 3.78. The molecule has 2 aliphatic rings. The van der Waals surface area contributed by atoms with Gasteiger partial charge in [-0.05, 0) is 37.3 Å². The van der Waals surface area contributed by atoms with Crippen LogP contribution in [0.15, 0.2) is 12.1 Å². The number of ether oxygens (including phenoxy) is 1. The second-order valence-corrected chi connectivity index (χ2v) is 8.11. The molecule has 2 fully saturated rings. The van der Waals surface area contributed by atoms with Gasteiger partial charge >= 0.3 is 0 Å². The molecular weight excluding hydrogens is 290 g/mol. The standard InChI is InChI=1S/C14H21N3O3S/c15-12-4-5-13(16-14(12)20-10-11-2-3-11)17-6-1-8-21(18,19)9-7-17/h4-5,11H,1-3,6-10,15H2. The molecule has 6 nitrogen and oxygen atoms in total. The van der Waals surface area contributed by atoms with Gasteiger partial charge in [0.1, 0.15) is 5.82 Å². The Hall–Kier alpha value is -1.50. The number of sulfone groups is 1. The number of nitrogens with zero attached hydrogens (tertiary/aromatic N) is 2. The number of anilines is 2. The lowest BCUT2D eigenvalue weighted by Crippen LogP contribution is -2.27. The first-order chi connectivity index (χ1) is 10.0. The van der Waals surface area contributed by atoms with Crippen LogP contribution in [0.4, 0.5) is 11.5 Å². The minimum atomic E-state index is -2.92. The van der Waals surface area contributed by atoms with Crippen molar-refractivity contribution >= 4 is 21.3 Å². The Labute approximate surface area is 125 Å². The van der Waals surface area contributed by atoms with E-state index in [9.17, 15) is 8.42 Å². The van der Waals surface area contributed by atoms with E-state index in [2.05, 4.69) is 4.98 Å². The molecule has 2 N–H and O–H groups in total. The van der Waals surface area contributed by atoms with Gasteiger partial charge in [0.2, 0.25) is 5.88 Å². The van der Waals surface area contributed by atoms with Gasteiger partial charge in [0.15, 0.2) is 9.84 Å². The zero-order valence-electron chi connectivity index (χ0n) is 12.0. The van der Waals surface area contributed by atoms with Gasteiger partial charge in [0, 0.05) is 13.1 Å². The van der Waals surface area contributed by atoms with Crippen molar-refractivity contribution in [3.8, 4) is 5.88 Å². The maximum atomic E-state index is 11.7. The van der Waals surface area contributed by atoms with Crippen molar-refractivity contribution in [3.05, 3.63) is 12.1 Å². The van der Waals surface area contributed by atoms with Gasteiger partial charge in [-0.1, -0.05) is 0 Å². The molecule has 0 bridgehead atoms. The van der Waals surface area contributed by atoms with Gasteiger partial charge in [-0.25, -0.2) is 8.42 Å². The second-order valence-electron chi connectivity index (χ2n) is 5.81. The molecule has 1 aromatic heterocycles. The second kappa shape index (κ2) is 5.71. The fourth-order valence-electron chi connectivity index (χ4n) is 2.38. The monoisotopic (exact) mass is 311 g/mol. The summed E-state index contributed by atoms with van der Waals surface area (Å²) < 4.78 is 29.0. The van der Waals surface area contributed by atoms with Crippen LogP contribution < -0.4 is 15.4 Å². The Bertz CT molecular complexity index is 614. The predicted octanol–water partition coefficient (Wildman–Crippen LogP) is 1.08. The molecule has 1 aliphatic heterocycles. The maximum absolute atomic E-state index is 11.7. The van der Waals surface area contributed by atoms with E-state index in [1.165, 1.54) is 12.8 Å². The first-order valence-electron chi connectivity index (χ1n) is 7.38. The molecule has 0 unspecified atom stereocenters. The fraction of sp³-hybridized carbons (Fsp3) is 0.643. The Balaban J connectivity index is 1.73. The molecule has 21 heavy (non-hydrogen) atoms. The minimum absolute atomic E-state index is 0.178. The Kier molecular flexibility index (Phi) is 3.93. The lowest BCUT2D eigenvalue weighted by molar-refractivity contribution is 0.290. The summed E-state index contributed by atoms with van der Waals surface area (Å²) in [6, 6.07) is 3.61. The molecule has 2 heterocycles. The third-order valence-corrected chi connectivity index (χ3v) is 5.62. The normalized spacial score (nSPS) is 21.8. The molecule has 0 amide bonds. The molecule has 1 saturated carbocycles. The van der Waals surface area contributed by atoms with Crippen LogP contribution in [0, 0.1) is 5.92 Å². The number of aromatic nitrogens is 1. The van der Waals surface area contributed by atoms with E-state index >= 15 is 0 Å². The molecule has 0 spiro atoms. The minimum Gasteiger partial charge on any atom is -0.476 e. The molecule has 1 aliphatic carbocycles. The number of hydrogen-bond acceptors (Lipinski definition) is 6. The van der Waals surface area contributed by atoms with E-state index in [1.807, 2.05) is 11.0 Å². The Morgan fingerprint density at radius 1 is 1.29 bits per heavy atom. The van der Waals surface area contributed by atoms with Crippen molar-refractivity contribution in [3.63, 3.8) is 0 Å². The summed E-state index contributed by atoms with van der Waals surface area (Å²) in [5.41, 5.74) is 6.43. The number of nitrogen functional groups attached to an aromatic ring is 1. The van der Waals surface area contributed by atoms with Crippen LogP contribution in [0.2, 0.25) is 0 Å². The molecule has 7 heteroatoms. The fourth-order valence-corrected chi connectivity index (χ4v) is 3.65. The maximum Gasteiger partial charge on any atom is 0.239 e. The van der Waals surface area contributed by atoms with Crippen molar-refractivity contribution in [2.24, 2.45) is 5.92 Å². The molecule has 1 aromatic rings. The van der Waals surface area contributed by atoms with Crippen molar-refractivity contribution < 1.29 is 13.2 Å². The highest BCUT2D eigenvalue weighted by atomic mass is 32.2. The first kappa shape index (κ1) is 14.4. The summed E-state index contributed by atoms with van der Waals surface area (Å²) in [7, 11) is -2.92. The van der Waals surface area contributed by atoms with Crippen molar-refractivity contribution in [1.29, 1.82) is 0 Å². The molecule has 0 atom stereocenters. The molecule has 3 rings (SSSR count). The third-order valence-electron chi connectivity index (χ3n) is 3.91. The van der Waals surface area contributed by atoms with Crippen LogP contribution in [0.1, 0.15) is 19.3 Å². The van der Waals surface area contributed by atoms with Crippen molar-refractivity contribution in [2.45, 2.75) is 19.3 Å². The Morgan fingerprint density at radius 3 is 2.86 bits per heavy atom. The van der Waals surface area contributed by atoms with Crippen LogP contribution in [0.25, 0.3) is 0 Å². The number of nitrogens with two attached hydrogens (primary N) is 1. The summed E-state index contributed by atoms with van der Waals surface area (Å²) in [5, 5.41) is 0. The van der Waals surface area contributed by atoms with Crippen molar-refractivity contribution in [2.75, 3.05) is 41.8 Å². The smallest absolute Gasteiger partial charge is 0.239 e. The van der Waals surface area contributed by atoms with Crippen molar-refractivity contribution in [1.82, 2.24) is 4.98 Å². The van der Waals surface area contributed by atoms with E-state index in [-0.39, 0.29) is 11.5 Å². The quantitative estimate of drug-likeness (QED) is 0.895. The highest BCUT2D eigenvalue weighted by Crippen LogP contribution is 2.31. The van der Waals surface area contributed by atoms with E-state index < -0.39 is 9.84 Å². The molecule has 1 saturated heterocycles. The summed E-state index contributed by atoms with van der Waals surface area (Å²) in [4.78, 5) is 6.46. The molecule has 116 valence electrons. The van der Waals surface area contributed by atoms with E-state index in [1.54, 1.807) is 6.07 Å². The zero-order chi connectivity index (χ0) is 14.9. The number of rotatable bonds is 4. The lowest BCUT2D eigenvalue weighted by atomic mass is 10.3. The predicted molar refractivity (Wildman–Crippen MR) is 82.4 cm³/mol. The Morgan fingerprint density at radius 2 is 2.10 bits per heavy atom. The van der Waals surface area contributed by atoms with E-state index in [4.69, 9.17) is 10.5 Å². The van der Waals surface area contributed by atoms with E-state index in [0.29, 0.717) is 43.6 Å². The highest BCUT2D eigenvalue weighted by molar-refractivity contribution is 7.91. The molecular formula is C14H21N3O3S. The van der Waals surface area contributed by atoms with Crippen LogP contribution >= 0.6 is 0 Å². The van der Waals surface area contributed by atoms with E-state index in [0.717, 1.165) is 5.82 Å². The van der Waals surface area contributed by atoms with Gasteiger partial charge < -0.3 is 15.4 Å². The summed E-state index contributed by atoms with van der Waals surface area (Å²) in [6.07, 6.45) is 3.06. The summed E-state index contributed by atoms with van der Waals surface area (Å²) >= 11 is 0. The average Bonchev–Trinajstić information content (AvgIpc) is 3.26. The average molecular weight is 311 g/mol. The van der Waals surface area contributed by atoms with Crippen LogP contribution in [-0.4, -0.2) is 44.6 Å². The zero-order valence-corrected chi connectivity index (χ0v) is 12.8. The topological polar surface area (TPSA) is 85.5 Å². The van der Waals surface area contributed by atoms with Crippen LogP contribution in [0.3, 0.4) is 0 Å². The highest BCUT2D eigenvalue weighted by Gasteiger charge is 2.23. The lowest BCUT2D eigenvalue weighted by Gasteiger charge is -2.21. The largest absolute Gasteiger partial charge is 0.476 e. The molecule has 0 aromatic carbocycles. The van der Waals surface area contributed by atoms with Gasteiger partial charge in [-0.15, -0.1) is 0 Å². The van der Waals surface area contributed by atoms with Crippen LogP contribution in [0.5, 0.6) is 5.88 Å².